The Morgan fingerprint density at radius 3 is 2.29 bits per heavy atom. The number of hydrogen-bond donors (Lipinski definition) is 0. The Bertz CT molecular complexity index is 657. The number of rotatable bonds is 2. The van der Waals surface area contributed by atoms with Gasteiger partial charge in [0.05, 0.1) is 4.90 Å². The zero-order valence-electron chi connectivity index (χ0n) is 9.67. The first-order valence-electron chi connectivity index (χ1n) is 5.39. The van der Waals surface area contributed by atoms with Crippen LogP contribution in [0.4, 0.5) is 0 Å². The van der Waals surface area contributed by atoms with E-state index in [-0.39, 0.29) is 10.8 Å². The predicted molar refractivity (Wildman–Crippen MR) is 66.0 cm³/mol. The van der Waals surface area contributed by atoms with Crippen molar-refractivity contribution in [3.05, 3.63) is 42.0 Å². The van der Waals surface area contributed by atoms with Crippen LogP contribution in [0.15, 0.2) is 41.3 Å². The van der Waals surface area contributed by atoms with Gasteiger partial charge >= 0.3 is 0 Å². The third-order valence-electron chi connectivity index (χ3n) is 2.78. The van der Waals surface area contributed by atoms with Crippen molar-refractivity contribution < 1.29 is 13.0 Å². The largest absolute Gasteiger partial charge is 0.744 e. The molecule has 0 unspecified atom stereocenters. The van der Waals surface area contributed by atoms with Crippen LogP contribution in [-0.2, 0) is 10.1 Å². The Morgan fingerprint density at radius 1 is 1.06 bits per heavy atom. The van der Waals surface area contributed by atoms with E-state index in [0.717, 1.165) is 5.39 Å². The van der Waals surface area contributed by atoms with Gasteiger partial charge in [-0.25, -0.2) is 8.42 Å². The van der Waals surface area contributed by atoms with Gasteiger partial charge in [0.25, 0.3) is 0 Å². The maximum absolute atomic E-state index is 11.4. The van der Waals surface area contributed by atoms with E-state index in [2.05, 4.69) is 0 Å². The molecule has 4 heteroatoms. The van der Waals surface area contributed by atoms with E-state index >= 15 is 0 Å². The predicted octanol–water partition coefficient (Wildman–Crippen LogP) is 2.87. The second-order valence-corrected chi connectivity index (χ2v) is 5.63. The van der Waals surface area contributed by atoms with Crippen LogP contribution in [0.1, 0.15) is 25.3 Å². The molecular weight excluding hydrogens is 236 g/mol. The van der Waals surface area contributed by atoms with Gasteiger partial charge in [-0.15, -0.1) is 0 Å². The highest BCUT2D eigenvalue weighted by Crippen LogP contribution is 2.30. The van der Waals surface area contributed by atoms with Crippen LogP contribution in [-0.4, -0.2) is 13.0 Å². The summed E-state index contributed by atoms with van der Waals surface area (Å²) in [6.45, 7) is 3.75. The van der Waals surface area contributed by atoms with Crippen molar-refractivity contribution in [3.8, 4) is 0 Å². The van der Waals surface area contributed by atoms with Gasteiger partial charge in [-0.2, -0.15) is 0 Å². The standard InChI is InChI=1S/C13H14O3S/c1-9(2)11-8-7-10-5-3-4-6-12(10)13(11)17(14,15)16/h3-9H,1-2H3,(H,14,15,16)/p-1. The molecule has 2 aromatic rings. The second-order valence-electron chi connectivity index (χ2n) is 4.31. The van der Waals surface area contributed by atoms with E-state index in [1.165, 1.54) is 0 Å². The van der Waals surface area contributed by atoms with Crippen molar-refractivity contribution in [2.24, 2.45) is 0 Å². The fraction of sp³-hybridized carbons (Fsp3) is 0.231. The minimum absolute atomic E-state index is 0.00155. The zero-order valence-corrected chi connectivity index (χ0v) is 10.5. The van der Waals surface area contributed by atoms with Crippen molar-refractivity contribution in [2.75, 3.05) is 0 Å². The van der Waals surface area contributed by atoms with Gasteiger partial charge in [-0.3, -0.25) is 0 Å². The Labute approximate surface area is 101 Å². The monoisotopic (exact) mass is 249 g/mol. The van der Waals surface area contributed by atoms with Crippen LogP contribution in [0.25, 0.3) is 10.8 Å². The van der Waals surface area contributed by atoms with Crippen LogP contribution in [0.2, 0.25) is 0 Å². The van der Waals surface area contributed by atoms with Crippen LogP contribution < -0.4 is 0 Å². The van der Waals surface area contributed by atoms with Crippen molar-refractivity contribution in [2.45, 2.75) is 24.7 Å². The molecule has 0 saturated carbocycles. The molecule has 0 aliphatic rings. The molecule has 17 heavy (non-hydrogen) atoms. The van der Waals surface area contributed by atoms with Crippen LogP contribution in [0.3, 0.4) is 0 Å². The summed E-state index contributed by atoms with van der Waals surface area (Å²) in [5.41, 5.74) is 0.582. The minimum atomic E-state index is -4.46. The smallest absolute Gasteiger partial charge is 0.125 e. The van der Waals surface area contributed by atoms with Crippen LogP contribution >= 0.6 is 0 Å². The first-order chi connectivity index (χ1) is 7.91. The first kappa shape index (κ1) is 12.1. The number of benzene rings is 2. The fourth-order valence-corrected chi connectivity index (χ4v) is 3.04. The molecule has 3 nitrogen and oxygen atoms in total. The minimum Gasteiger partial charge on any atom is -0.744 e. The van der Waals surface area contributed by atoms with E-state index in [1.807, 2.05) is 26.0 Å². The second kappa shape index (κ2) is 4.13. The average molecular weight is 249 g/mol. The molecular formula is C13H13O3S-. The van der Waals surface area contributed by atoms with Gasteiger partial charge < -0.3 is 4.55 Å². The van der Waals surface area contributed by atoms with E-state index in [9.17, 15) is 13.0 Å². The summed E-state index contributed by atoms with van der Waals surface area (Å²) in [4.78, 5) is -0.0781. The molecule has 0 aliphatic heterocycles. The molecule has 90 valence electrons. The van der Waals surface area contributed by atoms with E-state index in [0.29, 0.717) is 10.9 Å². The van der Waals surface area contributed by atoms with Gasteiger partial charge in [-0.05, 0) is 22.3 Å². The highest BCUT2D eigenvalue weighted by atomic mass is 32.2. The lowest BCUT2D eigenvalue weighted by molar-refractivity contribution is 0.462. The molecule has 0 saturated heterocycles. The van der Waals surface area contributed by atoms with Crippen molar-refractivity contribution in [3.63, 3.8) is 0 Å². The van der Waals surface area contributed by atoms with Crippen LogP contribution in [0, 0.1) is 0 Å². The maximum Gasteiger partial charge on any atom is 0.125 e. The molecule has 2 aromatic carbocycles. The van der Waals surface area contributed by atoms with E-state index in [4.69, 9.17) is 0 Å². The Morgan fingerprint density at radius 2 is 1.71 bits per heavy atom. The molecule has 0 heterocycles. The Hall–Kier alpha value is -1.39. The Balaban J connectivity index is 2.95. The number of hydrogen-bond acceptors (Lipinski definition) is 3. The lowest BCUT2D eigenvalue weighted by Crippen LogP contribution is -2.05. The highest BCUT2D eigenvalue weighted by molar-refractivity contribution is 7.86. The van der Waals surface area contributed by atoms with Crippen molar-refractivity contribution >= 4 is 20.9 Å². The average Bonchev–Trinajstić information content (AvgIpc) is 2.26. The molecule has 0 fully saturated rings. The molecule has 2 rings (SSSR count). The first-order valence-corrected chi connectivity index (χ1v) is 6.79. The molecule has 0 amide bonds. The summed E-state index contributed by atoms with van der Waals surface area (Å²) < 4.78 is 34.2. The Kier molecular flexibility index (Phi) is 2.93. The summed E-state index contributed by atoms with van der Waals surface area (Å²) in [5.74, 6) is -0.00155. The maximum atomic E-state index is 11.4. The molecule has 0 aromatic heterocycles. The topological polar surface area (TPSA) is 57.2 Å². The zero-order chi connectivity index (χ0) is 12.6. The lowest BCUT2D eigenvalue weighted by Gasteiger charge is -2.18. The summed E-state index contributed by atoms with van der Waals surface area (Å²) in [5, 5.41) is 1.28. The van der Waals surface area contributed by atoms with Gasteiger partial charge in [0.1, 0.15) is 10.1 Å². The summed E-state index contributed by atoms with van der Waals surface area (Å²) >= 11 is 0. The normalized spacial score (nSPS) is 12.2. The third-order valence-corrected chi connectivity index (χ3v) is 3.74. The molecule has 0 N–H and O–H groups in total. The molecule has 0 radical (unpaired) electrons. The van der Waals surface area contributed by atoms with Crippen molar-refractivity contribution in [1.82, 2.24) is 0 Å². The van der Waals surface area contributed by atoms with Gasteiger partial charge in [-0.1, -0.05) is 50.2 Å². The molecule has 0 spiro atoms. The van der Waals surface area contributed by atoms with E-state index in [1.54, 1.807) is 24.3 Å². The molecule has 0 aliphatic carbocycles. The number of fused-ring (bicyclic) bond motifs is 1. The quantitative estimate of drug-likeness (QED) is 0.769. The molecule has 0 bridgehead atoms. The van der Waals surface area contributed by atoms with Crippen molar-refractivity contribution in [1.29, 1.82) is 0 Å². The van der Waals surface area contributed by atoms with Crippen LogP contribution in [0.5, 0.6) is 0 Å². The third kappa shape index (κ3) is 2.18. The highest BCUT2D eigenvalue weighted by Gasteiger charge is 2.15. The van der Waals surface area contributed by atoms with Gasteiger partial charge in [0.2, 0.25) is 0 Å². The lowest BCUT2D eigenvalue weighted by atomic mass is 9.99. The fourth-order valence-electron chi connectivity index (χ4n) is 1.99. The van der Waals surface area contributed by atoms with Gasteiger partial charge in [0, 0.05) is 0 Å². The summed E-state index contributed by atoms with van der Waals surface area (Å²) in [6.07, 6.45) is 0. The SMILES string of the molecule is CC(C)c1ccc2ccccc2c1S(=O)(=O)[O-]. The van der Waals surface area contributed by atoms with E-state index < -0.39 is 10.1 Å². The summed E-state index contributed by atoms with van der Waals surface area (Å²) in [7, 11) is -4.46. The van der Waals surface area contributed by atoms with Gasteiger partial charge in [0.15, 0.2) is 0 Å². The summed E-state index contributed by atoms with van der Waals surface area (Å²) in [6, 6.07) is 10.6. The molecule has 0 atom stereocenters.